The zero-order valence-electron chi connectivity index (χ0n) is 9.93. The Hall–Kier alpha value is -2.28. The van der Waals surface area contributed by atoms with Crippen molar-refractivity contribution in [2.75, 3.05) is 5.32 Å². The van der Waals surface area contributed by atoms with Gasteiger partial charge >= 0.3 is 5.97 Å². The summed E-state index contributed by atoms with van der Waals surface area (Å²) in [6.45, 7) is 0. The summed E-state index contributed by atoms with van der Waals surface area (Å²) in [5.74, 6) is -2.85. The maximum atomic E-state index is 13.6. The van der Waals surface area contributed by atoms with Crippen molar-refractivity contribution < 1.29 is 19.1 Å². The lowest BCUT2D eigenvalue weighted by Crippen LogP contribution is -2.17. The number of carboxylic acids is 1. The molecule has 0 fully saturated rings. The Morgan fingerprint density at radius 1 is 1.25 bits per heavy atom. The van der Waals surface area contributed by atoms with Crippen molar-refractivity contribution in [3.63, 3.8) is 0 Å². The number of pyridine rings is 1. The van der Waals surface area contributed by atoms with Gasteiger partial charge in [0.25, 0.3) is 5.91 Å². The number of anilines is 1. The van der Waals surface area contributed by atoms with Gasteiger partial charge in [-0.3, -0.25) is 4.79 Å². The van der Waals surface area contributed by atoms with Gasteiger partial charge < -0.3 is 10.4 Å². The smallest absolute Gasteiger partial charge is 0.339 e. The van der Waals surface area contributed by atoms with E-state index in [0.717, 1.165) is 6.07 Å². The van der Waals surface area contributed by atoms with Crippen molar-refractivity contribution in [3.05, 3.63) is 57.9 Å². The molecule has 0 aliphatic heterocycles. The highest BCUT2D eigenvalue weighted by atomic mass is 79.9. The van der Waals surface area contributed by atoms with Crippen LogP contribution in [0.25, 0.3) is 0 Å². The molecule has 0 bridgehead atoms. The van der Waals surface area contributed by atoms with Gasteiger partial charge in [-0.2, -0.15) is 0 Å². The molecule has 1 heterocycles. The predicted octanol–water partition coefficient (Wildman–Crippen LogP) is 2.93. The number of rotatable bonds is 3. The number of amides is 1. The van der Waals surface area contributed by atoms with Crippen LogP contribution in [0.3, 0.4) is 0 Å². The van der Waals surface area contributed by atoms with Gasteiger partial charge in [-0.05, 0) is 30.3 Å². The molecule has 1 aromatic heterocycles. The van der Waals surface area contributed by atoms with E-state index >= 15 is 0 Å². The number of nitrogens with one attached hydrogen (secondary N) is 1. The minimum atomic E-state index is -1.23. The third-order valence-corrected chi connectivity index (χ3v) is 2.94. The summed E-state index contributed by atoms with van der Waals surface area (Å²) in [6, 6.07) is 6.61. The van der Waals surface area contributed by atoms with Crippen LogP contribution < -0.4 is 5.32 Å². The number of carboxylic acid groups (broad SMARTS) is 1. The number of hydrogen-bond acceptors (Lipinski definition) is 3. The van der Waals surface area contributed by atoms with E-state index in [1.807, 2.05) is 0 Å². The summed E-state index contributed by atoms with van der Waals surface area (Å²) in [5.41, 5.74) is -0.377. The largest absolute Gasteiger partial charge is 0.478 e. The van der Waals surface area contributed by atoms with Crippen molar-refractivity contribution in [3.8, 4) is 0 Å². The summed E-state index contributed by atoms with van der Waals surface area (Å²) >= 11 is 3.13. The molecule has 0 aliphatic carbocycles. The van der Waals surface area contributed by atoms with Crippen LogP contribution in [-0.2, 0) is 0 Å². The first-order valence-electron chi connectivity index (χ1n) is 5.44. The van der Waals surface area contributed by atoms with E-state index in [9.17, 15) is 14.0 Å². The molecule has 2 N–H and O–H groups in total. The summed E-state index contributed by atoms with van der Waals surface area (Å²) in [4.78, 5) is 26.7. The molecular formula is C13H8BrFN2O3. The minimum Gasteiger partial charge on any atom is -0.478 e. The topological polar surface area (TPSA) is 79.3 Å². The van der Waals surface area contributed by atoms with Crippen LogP contribution >= 0.6 is 15.9 Å². The summed E-state index contributed by atoms with van der Waals surface area (Å²) in [5, 5.41) is 11.3. The second-order valence-electron chi connectivity index (χ2n) is 3.78. The number of nitrogens with zero attached hydrogens (tertiary/aromatic N) is 1. The number of aromatic carboxylic acids is 1. The maximum absolute atomic E-state index is 13.6. The minimum absolute atomic E-state index is 0.135. The fourth-order valence-corrected chi connectivity index (χ4v) is 1.88. The molecular weight excluding hydrogens is 331 g/mol. The van der Waals surface area contributed by atoms with Crippen molar-refractivity contribution in [1.82, 2.24) is 4.98 Å². The van der Waals surface area contributed by atoms with Gasteiger partial charge in [-0.25, -0.2) is 14.2 Å². The molecule has 20 heavy (non-hydrogen) atoms. The highest BCUT2D eigenvalue weighted by Gasteiger charge is 2.17. The first kappa shape index (κ1) is 14.1. The predicted molar refractivity (Wildman–Crippen MR) is 73.2 cm³/mol. The Bertz CT molecular complexity index is 691. The average molecular weight is 339 g/mol. The molecule has 0 unspecified atom stereocenters. The van der Waals surface area contributed by atoms with E-state index in [-0.39, 0.29) is 16.9 Å². The van der Waals surface area contributed by atoms with Crippen molar-refractivity contribution >= 4 is 33.6 Å². The maximum Gasteiger partial charge on any atom is 0.339 e. The second kappa shape index (κ2) is 5.79. The van der Waals surface area contributed by atoms with E-state index < -0.39 is 17.7 Å². The normalized spacial score (nSPS) is 10.1. The van der Waals surface area contributed by atoms with E-state index in [1.54, 1.807) is 0 Å². The third kappa shape index (κ3) is 3.00. The Morgan fingerprint density at radius 3 is 2.70 bits per heavy atom. The number of carbonyl (C=O) groups excluding carboxylic acids is 1. The molecule has 1 amide bonds. The summed E-state index contributed by atoms with van der Waals surface area (Å²) in [6.07, 6.45) is 1.33. The number of aromatic nitrogens is 1. The van der Waals surface area contributed by atoms with E-state index in [4.69, 9.17) is 5.11 Å². The van der Waals surface area contributed by atoms with E-state index in [1.165, 1.54) is 30.5 Å². The van der Waals surface area contributed by atoms with Gasteiger partial charge in [0.2, 0.25) is 0 Å². The first-order chi connectivity index (χ1) is 9.49. The van der Waals surface area contributed by atoms with Gasteiger partial charge in [-0.1, -0.05) is 15.9 Å². The standard InChI is InChI=1S/C13H8BrFN2O3/c14-7-3-4-10(15)9(6-7)12(18)17-11-8(13(19)20)2-1-5-16-11/h1-6H,(H,19,20)(H,16,17,18). The van der Waals surface area contributed by atoms with Crippen molar-refractivity contribution in [2.45, 2.75) is 0 Å². The lowest BCUT2D eigenvalue weighted by Gasteiger charge is -2.08. The van der Waals surface area contributed by atoms with Crippen LogP contribution in [-0.4, -0.2) is 22.0 Å². The average Bonchev–Trinajstić information content (AvgIpc) is 2.41. The second-order valence-corrected chi connectivity index (χ2v) is 4.70. The molecule has 0 aliphatic rings. The van der Waals surface area contributed by atoms with Crippen molar-refractivity contribution in [1.29, 1.82) is 0 Å². The molecule has 0 saturated heterocycles. The highest BCUT2D eigenvalue weighted by Crippen LogP contribution is 2.18. The first-order valence-corrected chi connectivity index (χ1v) is 6.23. The molecule has 102 valence electrons. The van der Waals surface area contributed by atoms with Gasteiger partial charge in [-0.15, -0.1) is 0 Å². The molecule has 5 nitrogen and oxygen atoms in total. The number of benzene rings is 1. The SMILES string of the molecule is O=C(Nc1ncccc1C(=O)O)c1cc(Br)ccc1F. The lowest BCUT2D eigenvalue weighted by molar-refractivity contribution is 0.0697. The monoisotopic (exact) mass is 338 g/mol. The molecule has 0 atom stereocenters. The van der Waals surface area contributed by atoms with Gasteiger partial charge in [0.1, 0.15) is 17.2 Å². The van der Waals surface area contributed by atoms with Crippen LogP contribution in [0.2, 0.25) is 0 Å². The fraction of sp³-hybridized carbons (Fsp3) is 0. The molecule has 1 aromatic carbocycles. The fourth-order valence-electron chi connectivity index (χ4n) is 1.52. The zero-order chi connectivity index (χ0) is 14.7. The Labute approximate surface area is 121 Å². The van der Waals surface area contributed by atoms with Crippen LogP contribution in [0, 0.1) is 5.82 Å². The Balaban J connectivity index is 2.33. The number of carbonyl (C=O) groups is 2. The number of hydrogen-bond donors (Lipinski definition) is 2. The van der Waals surface area contributed by atoms with Crippen molar-refractivity contribution in [2.24, 2.45) is 0 Å². The summed E-state index contributed by atoms with van der Waals surface area (Å²) in [7, 11) is 0. The molecule has 2 rings (SSSR count). The van der Waals surface area contributed by atoms with Crippen LogP contribution in [0.5, 0.6) is 0 Å². The van der Waals surface area contributed by atoms with Gasteiger partial charge in [0.15, 0.2) is 0 Å². The molecule has 2 aromatic rings. The molecule has 7 heteroatoms. The third-order valence-electron chi connectivity index (χ3n) is 2.44. The van der Waals surface area contributed by atoms with Gasteiger partial charge in [0.05, 0.1) is 5.56 Å². The van der Waals surface area contributed by atoms with Crippen LogP contribution in [0.15, 0.2) is 41.0 Å². The zero-order valence-corrected chi connectivity index (χ0v) is 11.5. The molecule has 0 saturated carbocycles. The quantitative estimate of drug-likeness (QED) is 0.901. The van der Waals surface area contributed by atoms with Crippen LogP contribution in [0.1, 0.15) is 20.7 Å². The van der Waals surface area contributed by atoms with Crippen LogP contribution in [0.4, 0.5) is 10.2 Å². The summed E-state index contributed by atoms with van der Waals surface area (Å²) < 4.78 is 14.1. The van der Waals surface area contributed by atoms with E-state index in [2.05, 4.69) is 26.2 Å². The van der Waals surface area contributed by atoms with E-state index in [0.29, 0.717) is 4.47 Å². The molecule has 0 radical (unpaired) electrons. The Morgan fingerprint density at radius 2 is 2.00 bits per heavy atom. The molecule has 0 spiro atoms. The Kier molecular flexibility index (Phi) is 4.09. The van der Waals surface area contributed by atoms with Gasteiger partial charge in [0, 0.05) is 10.7 Å². The lowest BCUT2D eigenvalue weighted by atomic mass is 10.2. The number of halogens is 2. The highest BCUT2D eigenvalue weighted by molar-refractivity contribution is 9.10.